The summed E-state index contributed by atoms with van der Waals surface area (Å²) in [6.07, 6.45) is 1.76. The molecule has 3 N–H and O–H groups in total. The average Bonchev–Trinajstić information content (AvgIpc) is 2.46. The molecule has 0 fully saturated rings. The summed E-state index contributed by atoms with van der Waals surface area (Å²) in [6.45, 7) is 0.502. The molecule has 0 aliphatic heterocycles. The van der Waals surface area contributed by atoms with Crippen LogP contribution in [0.4, 0.5) is 5.69 Å². The molecule has 0 spiro atoms. The van der Waals surface area contributed by atoms with E-state index in [1.54, 1.807) is 12.1 Å². The number of nitrogens with two attached hydrogens (primary N) is 1. The van der Waals surface area contributed by atoms with Gasteiger partial charge in [-0.05, 0) is 30.5 Å². The minimum atomic E-state index is -1.04. The molecule has 0 unspecified atom stereocenters. The summed E-state index contributed by atoms with van der Waals surface area (Å²) >= 11 is 0. The average molecular weight is 271 g/mol. The Labute approximate surface area is 117 Å². The number of rotatable bonds is 6. The van der Waals surface area contributed by atoms with Crippen LogP contribution >= 0.6 is 0 Å². The van der Waals surface area contributed by atoms with Gasteiger partial charge in [0, 0.05) is 0 Å². The van der Waals surface area contributed by atoms with E-state index < -0.39 is 5.97 Å². The third-order valence-corrected chi connectivity index (χ3v) is 3.01. The maximum atomic E-state index is 11.0. The lowest BCUT2D eigenvalue weighted by atomic mass is 10.1. The summed E-state index contributed by atoms with van der Waals surface area (Å²) in [7, 11) is 0. The standard InChI is InChI=1S/C16H17NO3/c17-15-13(16(18)19)9-4-10-14(15)20-11-5-8-12-6-2-1-3-7-12/h1-4,6-7,9-10H,5,8,11,17H2,(H,18,19). The van der Waals surface area contributed by atoms with Crippen LogP contribution in [0.3, 0.4) is 0 Å². The molecule has 0 saturated carbocycles. The van der Waals surface area contributed by atoms with Crippen molar-refractivity contribution in [2.45, 2.75) is 12.8 Å². The zero-order chi connectivity index (χ0) is 14.4. The van der Waals surface area contributed by atoms with Gasteiger partial charge in [-0.1, -0.05) is 36.4 Å². The maximum absolute atomic E-state index is 11.0. The summed E-state index contributed by atoms with van der Waals surface area (Å²) in [4.78, 5) is 11.0. The topological polar surface area (TPSA) is 72.5 Å². The summed E-state index contributed by atoms with van der Waals surface area (Å²) in [6, 6.07) is 14.9. The Morgan fingerprint density at radius 3 is 2.55 bits per heavy atom. The largest absolute Gasteiger partial charge is 0.491 e. The Morgan fingerprint density at radius 2 is 1.85 bits per heavy atom. The lowest BCUT2D eigenvalue weighted by Crippen LogP contribution is -2.06. The summed E-state index contributed by atoms with van der Waals surface area (Å²) < 4.78 is 5.56. The molecule has 0 heterocycles. The number of nitrogen functional groups attached to an aromatic ring is 1. The molecule has 20 heavy (non-hydrogen) atoms. The SMILES string of the molecule is Nc1c(OCCCc2ccccc2)cccc1C(=O)O. The minimum absolute atomic E-state index is 0.0746. The Balaban J connectivity index is 1.88. The van der Waals surface area contributed by atoms with Crippen molar-refractivity contribution in [1.82, 2.24) is 0 Å². The lowest BCUT2D eigenvalue weighted by Gasteiger charge is -2.10. The van der Waals surface area contributed by atoms with Crippen LogP contribution in [0.15, 0.2) is 48.5 Å². The van der Waals surface area contributed by atoms with Crippen LogP contribution in [0.25, 0.3) is 0 Å². The van der Waals surface area contributed by atoms with E-state index in [1.165, 1.54) is 11.6 Å². The first-order valence-corrected chi connectivity index (χ1v) is 6.47. The van der Waals surface area contributed by atoms with Crippen molar-refractivity contribution in [1.29, 1.82) is 0 Å². The van der Waals surface area contributed by atoms with E-state index in [0.29, 0.717) is 12.4 Å². The van der Waals surface area contributed by atoms with Gasteiger partial charge in [0.1, 0.15) is 5.75 Å². The van der Waals surface area contributed by atoms with E-state index in [1.807, 2.05) is 18.2 Å². The molecule has 0 atom stereocenters. The first-order chi connectivity index (χ1) is 9.68. The smallest absolute Gasteiger partial charge is 0.337 e. The molecule has 0 aromatic heterocycles. The van der Waals surface area contributed by atoms with E-state index in [4.69, 9.17) is 15.6 Å². The van der Waals surface area contributed by atoms with E-state index >= 15 is 0 Å². The molecule has 0 bridgehead atoms. The molecule has 0 aliphatic rings. The van der Waals surface area contributed by atoms with E-state index in [-0.39, 0.29) is 11.3 Å². The number of ether oxygens (including phenoxy) is 1. The molecule has 2 aromatic rings. The van der Waals surface area contributed by atoms with Crippen molar-refractivity contribution < 1.29 is 14.6 Å². The van der Waals surface area contributed by atoms with Crippen LogP contribution in [-0.4, -0.2) is 17.7 Å². The van der Waals surface area contributed by atoms with E-state index in [2.05, 4.69) is 12.1 Å². The molecule has 104 valence electrons. The Kier molecular flexibility index (Phi) is 4.60. The van der Waals surface area contributed by atoms with Crippen molar-refractivity contribution in [3.05, 3.63) is 59.7 Å². The second kappa shape index (κ2) is 6.61. The fourth-order valence-electron chi connectivity index (χ4n) is 1.96. The van der Waals surface area contributed by atoms with Crippen LogP contribution in [0.5, 0.6) is 5.75 Å². The van der Waals surface area contributed by atoms with Crippen molar-refractivity contribution >= 4 is 11.7 Å². The molecule has 2 rings (SSSR count). The number of hydrogen-bond acceptors (Lipinski definition) is 3. The molecule has 2 aromatic carbocycles. The van der Waals surface area contributed by atoms with Gasteiger partial charge >= 0.3 is 5.97 Å². The van der Waals surface area contributed by atoms with Crippen LogP contribution in [0.1, 0.15) is 22.3 Å². The highest BCUT2D eigenvalue weighted by molar-refractivity contribution is 5.95. The number of aryl methyl sites for hydroxylation is 1. The highest BCUT2D eigenvalue weighted by Gasteiger charge is 2.11. The molecule has 0 saturated heterocycles. The molecule has 4 nitrogen and oxygen atoms in total. The number of carbonyl (C=O) groups is 1. The highest BCUT2D eigenvalue weighted by atomic mass is 16.5. The number of anilines is 1. The first kappa shape index (κ1) is 13.9. The molecule has 0 aliphatic carbocycles. The molecule has 0 radical (unpaired) electrons. The number of carboxylic acids is 1. The Hall–Kier alpha value is -2.49. The highest BCUT2D eigenvalue weighted by Crippen LogP contribution is 2.25. The summed E-state index contributed by atoms with van der Waals surface area (Å²) in [5, 5.41) is 8.97. The quantitative estimate of drug-likeness (QED) is 0.625. The maximum Gasteiger partial charge on any atom is 0.337 e. The Bertz CT molecular complexity index is 582. The van der Waals surface area contributed by atoms with Crippen molar-refractivity contribution in [2.75, 3.05) is 12.3 Å². The number of aromatic carboxylic acids is 1. The zero-order valence-electron chi connectivity index (χ0n) is 11.1. The van der Waals surface area contributed by atoms with Gasteiger partial charge in [0.25, 0.3) is 0 Å². The summed E-state index contributed by atoms with van der Waals surface area (Å²) in [5.74, 6) is -0.616. The number of para-hydroxylation sites is 1. The fourth-order valence-corrected chi connectivity index (χ4v) is 1.96. The zero-order valence-corrected chi connectivity index (χ0v) is 11.1. The second-order valence-electron chi connectivity index (χ2n) is 4.46. The van der Waals surface area contributed by atoms with E-state index in [0.717, 1.165) is 12.8 Å². The second-order valence-corrected chi connectivity index (χ2v) is 4.46. The van der Waals surface area contributed by atoms with Gasteiger partial charge in [-0.25, -0.2) is 4.79 Å². The van der Waals surface area contributed by atoms with Crippen molar-refractivity contribution in [2.24, 2.45) is 0 Å². The third kappa shape index (κ3) is 3.51. The van der Waals surface area contributed by atoms with Gasteiger partial charge < -0.3 is 15.6 Å². The van der Waals surface area contributed by atoms with Crippen LogP contribution in [0.2, 0.25) is 0 Å². The monoisotopic (exact) mass is 271 g/mol. The van der Waals surface area contributed by atoms with E-state index in [9.17, 15) is 4.79 Å². The van der Waals surface area contributed by atoms with Crippen molar-refractivity contribution in [3.8, 4) is 5.75 Å². The summed E-state index contributed by atoms with van der Waals surface area (Å²) in [5.41, 5.74) is 7.28. The van der Waals surface area contributed by atoms with Gasteiger partial charge in [-0.2, -0.15) is 0 Å². The predicted molar refractivity (Wildman–Crippen MR) is 78.1 cm³/mol. The van der Waals surface area contributed by atoms with Crippen LogP contribution in [-0.2, 0) is 6.42 Å². The van der Waals surface area contributed by atoms with Gasteiger partial charge in [-0.15, -0.1) is 0 Å². The fraction of sp³-hybridized carbons (Fsp3) is 0.188. The van der Waals surface area contributed by atoms with Gasteiger partial charge in [0.2, 0.25) is 0 Å². The van der Waals surface area contributed by atoms with Crippen LogP contribution < -0.4 is 10.5 Å². The van der Waals surface area contributed by atoms with Gasteiger partial charge in [0.05, 0.1) is 17.9 Å². The Morgan fingerprint density at radius 1 is 1.10 bits per heavy atom. The molecular weight excluding hydrogens is 254 g/mol. The van der Waals surface area contributed by atoms with Crippen molar-refractivity contribution in [3.63, 3.8) is 0 Å². The molecular formula is C16H17NO3. The van der Waals surface area contributed by atoms with Crippen LogP contribution in [0, 0.1) is 0 Å². The number of hydrogen-bond donors (Lipinski definition) is 2. The molecule has 0 amide bonds. The van der Waals surface area contributed by atoms with Gasteiger partial charge in [0.15, 0.2) is 0 Å². The van der Waals surface area contributed by atoms with Gasteiger partial charge in [-0.3, -0.25) is 0 Å². The molecule has 4 heteroatoms. The number of carboxylic acid groups (broad SMARTS) is 1. The minimum Gasteiger partial charge on any atom is -0.491 e. The first-order valence-electron chi connectivity index (χ1n) is 6.47. The normalized spacial score (nSPS) is 10.2. The lowest BCUT2D eigenvalue weighted by molar-refractivity contribution is 0.0697. The predicted octanol–water partition coefficient (Wildman–Crippen LogP) is 2.98. The number of benzene rings is 2. The third-order valence-electron chi connectivity index (χ3n) is 3.01.